The van der Waals surface area contributed by atoms with E-state index in [4.69, 9.17) is 4.42 Å². The minimum Gasteiger partial charge on any atom is -0.453 e. The number of fused-ring (bicyclic) bond motifs is 3. The van der Waals surface area contributed by atoms with Crippen LogP contribution >= 0.6 is 0 Å². The molecule has 11 aromatic rings. The Morgan fingerprint density at radius 2 is 0.635 bits per heavy atom. The van der Waals surface area contributed by atoms with Crippen LogP contribution in [0, 0.1) is 0 Å². The van der Waals surface area contributed by atoms with E-state index in [-0.39, 0.29) is 0 Å². The van der Waals surface area contributed by atoms with Gasteiger partial charge in [-0.15, -0.1) is 0 Å². The summed E-state index contributed by atoms with van der Waals surface area (Å²) in [5.74, 6) is 0. The van der Waals surface area contributed by atoms with Gasteiger partial charge in [-0.05, 0) is 78.9 Å². The van der Waals surface area contributed by atoms with E-state index in [2.05, 4.69) is 266 Å². The molecule has 0 amide bonds. The maximum atomic E-state index is 7.05. The molecule has 0 radical (unpaired) electrons. The number of rotatable bonds is 10. The van der Waals surface area contributed by atoms with E-state index < -0.39 is 8.07 Å². The van der Waals surface area contributed by atoms with Crippen LogP contribution < -0.4 is 25.6 Å². The van der Waals surface area contributed by atoms with E-state index in [0.717, 1.165) is 55.7 Å². The number of furan rings is 1. The highest BCUT2D eigenvalue weighted by atomic mass is 28.3. The highest BCUT2D eigenvalue weighted by Crippen LogP contribution is 2.44. The second-order valence-electron chi connectivity index (χ2n) is 16.0. The summed E-state index contributed by atoms with van der Waals surface area (Å²) in [6.45, 7) is 0. The van der Waals surface area contributed by atoms with Gasteiger partial charge < -0.3 is 9.32 Å². The molecule has 0 aliphatic heterocycles. The smallest absolute Gasteiger partial charge is 0.179 e. The first-order valence-electron chi connectivity index (χ1n) is 21.6. The molecular formula is C60H43NOSi. The van der Waals surface area contributed by atoms with Crippen LogP contribution in [-0.2, 0) is 0 Å². The monoisotopic (exact) mass is 821 g/mol. The van der Waals surface area contributed by atoms with Crippen molar-refractivity contribution < 1.29 is 4.42 Å². The van der Waals surface area contributed by atoms with Crippen LogP contribution in [0.15, 0.2) is 265 Å². The maximum absolute atomic E-state index is 7.05. The van der Waals surface area contributed by atoms with Crippen molar-refractivity contribution in [2.45, 2.75) is 0 Å². The third-order valence-electron chi connectivity index (χ3n) is 12.5. The van der Waals surface area contributed by atoms with E-state index in [1.165, 1.54) is 37.4 Å². The summed E-state index contributed by atoms with van der Waals surface area (Å²) in [5, 5.41) is 7.54. The minimum absolute atomic E-state index is 0.849. The Kier molecular flexibility index (Phi) is 9.93. The van der Waals surface area contributed by atoms with Crippen molar-refractivity contribution in [3.63, 3.8) is 0 Å². The number of nitrogens with zero attached hydrogens (tertiary/aromatic N) is 1. The van der Waals surface area contributed by atoms with E-state index in [9.17, 15) is 0 Å². The van der Waals surface area contributed by atoms with Crippen LogP contribution in [0.3, 0.4) is 0 Å². The van der Waals surface area contributed by atoms with Gasteiger partial charge in [-0.3, -0.25) is 0 Å². The first-order valence-corrected chi connectivity index (χ1v) is 23.6. The van der Waals surface area contributed by atoms with Crippen LogP contribution in [0.2, 0.25) is 0 Å². The largest absolute Gasteiger partial charge is 0.453 e. The van der Waals surface area contributed by atoms with E-state index in [1.807, 2.05) is 0 Å². The minimum atomic E-state index is -2.73. The molecule has 0 N–H and O–H groups in total. The fourth-order valence-electron chi connectivity index (χ4n) is 9.47. The molecule has 11 rings (SSSR count). The van der Waals surface area contributed by atoms with Gasteiger partial charge in [0, 0.05) is 27.7 Å². The van der Waals surface area contributed by atoms with Crippen molar-refractivity contribution in [3.8, 4) is 33.4 Å². The molecule has 0 bridgehead atoms. The average Bonchev–Trinajstić information content (AvgIpc) is 3.76. The molecule has 298 valence electrons. The zero-order valence-corrected chi connectivity index (χ0v) is 35.7. The normalized spacial score (nSPS) is 11.5. The van der Waals surface area contributed by atoms with Crippen LogP contribution in [-0.4, -0.2) is 8.07 Å². The molecule has 10 aromatic carbocycles. The number of hydrogen-bond donors (Lipinski definition) is 0. The third kappa shape index (κ3) is 6.86. The Morgan fingerprint density at radius 3 is 1.13 bits per heavy atom. The fraction of sp³-hybridized carbons (Fsp3) is 0. The average molecular weight is 822 g/mol. The Morgan fingerprint density at radius 1 is 0.270 bits per heavy atom. The van der Waals surface area contributed by atoms with Gasteiger partial charge in [0.1, 0.15) is 5.58 Å². The first-order chi connectivity index (χ1) is 31.3. The lowest BCUT2D eigenvalue weighted by Gasteiger charge is -2.35. The lowest BCUT2D eigenvalue weighted by molar-refractivity contribution is 0.670. The molecule has 0 unspecified atom stereocenters. The van der Waals surface area contributed by atoms with Gasteiger partial charge in [0.2, 0.25) is 0 Å². The van der Waals surface area contributed by atoms with Gasteiger partial charge in [-0.1, -0.05) is 231 Å². The van der Waals surface area contributed by atoms with Gasteiger partial charge in [0.15, 0.2) is 13.7 Å². The lowest BCUT2D eigenvalue weighted by atomic mass is 10.00. The summed E-state index contributed by atoms with van der Waals surface area (Å²) < 4.78 is 7.05. The number of anilines is 3. The quantitative estimate of drug-likeness (QED) is 0.101. The molecule has 3 heteroatoms. The second kappa shape index (κ2) is 16.5. The van der Waals surface area contributed by atoms with Gasteiger partial charge in [-0.2, -0.15) is 0 Å². The highest BCUT2D eigenvalue weighted by Gasteiger charge is 2.41. The summed E-state index contributed by atoms with van der Waals surface area (Å²) in [5.41, 5.74) is 11.8. The van der Waals surface area contributed by atoms with E-state index in [1.54, 1.807) is 0 Å². The molecule has 0 spiro atoms. The molecule has 1 heterocycles. The summed E-state index contributed by atoms with van der Waals surface area (Å²) in [7, 11) is -2.73. The third-order valence-corrected chi connectivity index (χ3v) is 17.3. The molecule has 0 fully saturated rings. The maximum Gasteiger partial charge on any atom is 0.179 e. The predicted molar refractivity (Wildman–Crippen MR) is 268 cm³/mol. The standard InChI is InChI=1S/C60H43NOSi/c1-6-18-44(19-7-1)45-32-34-46(35-33-45)47-36-38-49(39-37-47)61(58-31-17-30-57-56-29-16-28-55(59(56)62-60(57)58)48-20-8-2-9-21-48)50-40-42-54(43-41-50)63(51-22-10-3-11-23-51,52-24-12-4-13-25-52)53-26-14-5-15-27-53/h1-43H. The molecule has 0 saturated heterocycles. The SMILES string of the molecule is c1ccc(-c2ccc(-c3ccc(N(c4ccc([Si](c5ccccc5)(c5ccccc5)c5ccccc5)cc4)c4cccc5c4oc4c(-c6ccccc6)cccc45)cc3)cc2)cc1. The molecule has 0 aliphatic rings. The Labute approximate surface area is 369 Å². The molecule has 1 aromatic heterocycles. The predicted octanol–water partition coefficient (Wildman–Crippen LogP) is 13.4. The first kappa shape index (κ1) is 38.0. The van der Waals surface area contributed by atoms with Crippen LogP contribution in [0.5, 0.6) is 0 Å². The summed E-state index contributed by atoms with van der Waals surface area (Å²) in [6, 6.07) is 94.5. The number of benzene rings is 10. The van der Waals surface area contributed by atoms with Crippen LogP contribution in [0.4, 0.5) is 17.1 Å². The highest BCUT2D eigenvalue weighted by molar-refractivity contribution is 7.19. The summed E-state index contributed by atoms with van der Waals surface area (Å²) in [6.07, 6.45) is 0. The zero-order chi connectivity index (χ0) is 42.0. The van der Waals surface area contributed by atoms with Gasteiger partial charge in [0.25, 0.3) is 0 Å². The van der Waals surface area contributed by atoms with Crippen molar-refractivity contribution in [2.75, 3.05) is 4.90 Å². The van der Waals surface area contributed by atoms with Crippen LogP contribution in [0.1, 0.15) is 0 Å². The Bertz CT molecular complexity index is 3180. The Balaban J connectivity index is 1.08. The molecule has 0 saturated carbocycles. The van der Waals surface area contributed by atoms with Crippen LogP contribution in [0.25, 0.3) is 55.3 Å². The van der Waals surface area contributed by atoms with Gasteiger partial charge in [-0.25, -0.2) is 0 Å². The van der Waals surface area contributed by atoms with Gasteiger partial charge >= 0.3 is 0 Å². The second-order valence-corrected chi connectivity index (χ2v) is 19.8. The van der Waals surface area contributed by atoms with Crippen molar-refractivity contribution in [1.29, 1.82) is 0 Å². The number of para-hydroxylation sites is 2. The summed E-state index contributed by atoms with van der Waals surface area (Å²) in [4.78, 5) is 2.36. The lowest BCUT2D eigenvalue weighted by Crippen LogP contribution is -2.74. The molecule has 63 heavy (non-hydrogen) atoms. The van der Waals surface area contributed by atoms with Crippen molar-refractivity contribution in [2.24, 2.45) is 0 Å². The van der Waals surface area contributed by atoms with Gasteiger partial charge in [0.05, 0.1) is 5.69 Å². The number of hydrogen-bond acceptors (Lipinski definition) is 2. The van der Waals surface area contributed by atoms with Crippen molar-refractivity contribution in [1.82, 2.24) is 0 Å². The van der Waals surface area contributed by atoms with E-state index in [0.29, 0.717) is 0 Å². The molecule has 2 nitrogen and oxygen atoms in total. The fourth-order valence-corrected chi connectivity index (χ4v) is 14.2. The topological polar surface area (TPSA) is 16.4 Å². The zero-order valence-electron chi connectivity index (χ0n) is 34.7. The van der Waals surface area contributed by atoms with E-state index >= 15 is 0 Å². The summed E-state index contributed by atoms with van der Waals surface area (Å²) >= 11 is 0. The molecular weight excluding hydrogens is 779 g/mol. The molecule has 0 aliphatic carbocycles. The van der Waals surface area contributed by atoms with Crippen molar-refractivity contribution in [3.05, 3.63) is 261 Å². The van der Waals surface area contributed by atoms with Crippen molar-refractivity contribution >= 4 is 67.8 Å². The molecule has 0 atom stereocenters. The Hall–Kier alpha value is -7.98.